The Kier molecular flexibility index (Phi) is 7.50. The second-order valence-electron chi connectivity index (χ2n) is 8.70. The summed E-state index contributed by atoms with van der Waals surface area (Å²) in [7, 11) is 0. The number of nitrogens with zero attached hydrogens (tertiary/aromatic N) is 1. The van der Waals surface area contributed by atoms with Gasteiger partial charge in [-0.05, 0) is 68.7 Å². The van der Waals surface area contributed by atoms with E-state index in [-0.39, 0.29) is 24.8 Å². The lowest BCUT2D eigenvalue weighted by Crippen LogP contribution is -2.57. The van der Waals surface area contributed by atoms with Gasteiger partial charge in [0.05, 0.1) is 6.26 Å². The van der Waals surface area contributed by atoms with Crippen LogP contribution in [0, 0.1) is 5.82 Å². The van der Waals surface area contributed by atoms with E-state index >= 15 is 0 Å². The van der Waals surface area contributed by atoms with Crippen LogP contribution >= 0.6 is 0 Å². The fourth-order valence-corrected chi connectivity index (χ4v) is 4.03. The van der Waals surface area contributed by atoms with Gasteiger partial charge in [0.15, 0.2) is 0 Å². The molecule has 8 heteroatoms. The van der Waals surface area contributed by atoms with Gasteiger partial charge in [-0.15, -0.1) is 0 Å². The number of aliphatic carboxylic acids is 1. The minimum atomic E-state index is -1.29. The third-order valence-corrected chi connectivity index (χ3v) is 5.62. The summed E-state index contributed by atoms with van der Waals surface area (Å²) in [5.41, 5.74) is 6.05. The van der Waals surface area contributed by atoms with Crippen LogP contribution in [0.5, 0.6) is 0 Å². The lowest BCUT2D eigenvalue weighted by molar-refractivity contribution is -0.144. The van der Waals surface area contributed by atoms with Crippen LogP contribution in [0.2, 0.25) is 0 Å². The summed E-state index contributed by atoms with van der Waals surface area (Å²) in [6.45, 7) is 3.48. The van der Waals surface area contributed by atoms with Gasteiger partial charge in [-0.1, -0.05) is 24.3 Å². The molecule has 1 aromatic heterocycles. The van der Waals surface area contributed by atoms with E-state index in [1.165, 1.54) is 17.0 Å². The fourth-order valence-electron chi connectivity index (χ4n) is 4.03. The van der Waals surface area contributed by atoms with Crippen molar-refractivity contribution in [2.75, 3.05) is 0 Å². The number of furan rings is 1. The van der Waals surface area contributed by atoms with E-state index < -0.39 is 35.2 Å². The average molecular weight is 467 g/mol. The monoisotopic (exact) mass is 466 g/mol. The van der Waals surface area contributed by atoms with Gasteiger partial charge in [-0.25, -0.2) is 9.18 Å². The van der Waals surface area contributed by atoms with Crippen LogP contribution in [0.3, 0.4) is 0 Å². The van der Waals surface area contributed by atoms with Crippen LogP contribution < -0.4 is 5.73 Å². The third-order valence-electron chi connectivity index (χ3n) is 5.62. The number of carbonyl (C=O) groups is 3. The van der Waals surface area contributed by atoms with Gasteiger partial charge < -0.3 is 20.2 Å². The van der Waals surface area contributed by atoms with Gasteiger partial charge in [-0.3, -0.25) is 9.59 Å². The number of carbonyl (C=O) groups excluding carboxylic acids is 2. The Morgan fingerprint density at radius 3 is 2.24 bits per heavy atom. The van der Waals surface area contributed by atoms with Crippen LogP contribution in [0.1, 0.15) is 42.6 Å². The summed E-state index contributed by atoms with van der Waals surface area (Å²) in [5.74, 6) is -2.16. The maximum atomic E-state index is 13.7. The van der Waals surface area contributed by atoms with E-state index in [0.29, 0.717) is 5.76 Å². The first-order valence-corrected chi connectivity index (χ1v) is 10.8. The Balaban J connectivity index is 1.98. The molecule has 0 aliphatic heterocycles. The summed E-state index contributed by atoms with van der Waals surface area (Å²) in [4.78, 5) is 38.6. The van der Waals surface area contributed by atoms with Crippen molar-refractivity contribution < 1.29 is 28.3 Å². The Bertz CT molecular complexity index is 1140. The van der Waals surface area contributed by atoms with E-state index in [1.54, 1.807) is 68.6 Å². The Morgan fingerprint density at radius 2 is 1.71 bits per heavy atom. The second kappa shape index (κ2) is 10.3. The van der Waals surface area contributed by atoms with Crippen molar-refractivity contribution in [2.24, 2.45) is 5.73 Å². The molecule has 7 nitrogen and oxygen atoms in total. The summed E-state index contributed by atoms with van der Waals surface area (Å²) < 4.78 is 18.8. The molecule has 34 heavy (non-hydrogen) atoms. The smallest absolute Gasteiger partial charge is 0.326 e. The maximum Gasteiger partial charge on any atom is 0.326 e. The quantitative estimate of drug-likeness (QED) is 0.463. The molecule has 2 aromatic carbocycles. The topological polar surface area (TPSA) is 114 Å². The van der Waals surface area contributed by atoms with Gasteiger partial charge in [-0.2, -0.15) is 0 Å². The van der Waals surface area contributed by atoms with E-state index in [9.17, 15) is 23.9 Å². The van der Waals surface area contributed by atoms with E-state index in [1.807, 2.05) is 0 Å². The van der Waals surface area contributed by atoms with Gasteiger partial charge in [0.2, 0.25) is 5.91 Å². The average Bonchev–Trinajstić information content (AvgIpc) is 3.32. The van der Waals surface area contributed by atoms with Crippen molar-refractivity contribution in [1.82, 2.24) is 4.90 Å². The van der Waals surface area contributed by atoms with Crippen LogP contribution in [0.4, 0.5) is 4.39 Å². The zero-order valence-corrected chi connectivity index (χ0v) is 19.0. The molecule has 3 rings (SSSR count). The number of hydrogen-bond donors (Lipinski definition) is 2. The predicted molar refractivity (Wildman–Crippen MR) is 124 cm³/mol. The minimum Gasteiger partial charge on any atom is -0.480 e. The zero-order valence-electron chi connectivity index (χ0n) is 19.0. The SMILES string of the molecule is CC(C)(Cc1ccc(F)cc1)N(C(=O)c1ccc(-c2ccco2)cc1)[C@@H](CCC(N)=O)C(=O)O. The maximum absolute atomic E-state index is 13.7. The standard InChI is InChI=1S/C26H27FN2O5/c1-26(2,16-17-5-11-20(27)12-6-17)29(21(25(32)33)13-14-23(28)30)24(31)19-9-7-18(8-10-19)22-4-3-15-34-22/h3-12,15,21H,13-14,16H2,1-2H3,(H2,28,30)(H,32,33)/t21-/m0/s1. The molecule has 0 saturated carbocycles. The van der Waals surface area contributed by atoms with Gasteiger partial charge in [0, 0.05) is 23.1 Å². The van der Waals surface area contributed by atoms with Crippen molar-refractivity contribution >= 4 is 17.8 Å². The Hall–Kier alpha value is -3.94. The molecule has 3 N–H and O–H groups in total. The lowest BCUT2D eigenvalue weighted by atomic mass is 9.89. The molecule has 2 amide bonds. The highest BCUT2D eigenvalue weighted by Crippen LogP contribution is 2.29. The zero-order chi connectivity index (χ0) is 24.9. The first kappa shape index (κ1) is 24.7. The molecule has 0 bridgehead atoms. The molecule has 1 heterocycles. The molecule has 0 aliphatic carbocycles. The molecular formula is C26H27FN2O5. The van der Waals surface area contributed by atoms with Crippen molar-refractivity contribution in [2.45, 2.75) is 44.7 Å². The molecule has 0 radical (unpaired) electrons. The fraction of sp³-hybridized carbons (Fsp3) is 0.269. The van der Waals surface area contributed by atoms with Crippen LogP contribution in [-0.4, -0.2) is 39.4 Å². The highest BCUT2D eigenvalue weighted by molar-refractivity contribution is 5.97. The first-order chi connectivity index (χ1) is 16.1. The summed E-state index contributed by atoms with van der Waals surface area (Å²) in [6, 6.07) is 14.7. The molecule has 1 atom stereocenters. The van der Waals surface area contributed by atoms with Gasteiger partial charge in [0.25, 0.3) is 5.91 Å². The molecule has 3 aromatic rings. The van der Waals surface area contributed by atoms with E-state index in [4.69, 9.17) is 10.2 Å². The predicted octanol–water partition coefficient (Wildman–Crippen LogP) is 4.27. The third kappa shape index (κ3) is 5.89. The minimum absolute atomic E-state index is 0.131. The first-order valence-electron chi connectivity index (χ1n) is 10.8. The molecular weight excluding hydrogens is 439 g/mol. The number of amides is 2. The number of rotatable bonds is 10. The van der Waals surface area contributed by atoms with Crippen LogP contribution in [-0.2, 0) is 16.0 Å². The largest absolute Gasteiger partial charge is 0.480 e. The normalized spacial score (nSPS) is 12.2. The van der Waals surface area contributed by atoms with Gasteiger partial charge >= 0.3 is 5.97 Å². The molecule has 0 saturated heterocycles. The molecule has 0 unspecified atom stereocenters. The number of benzene rings is 2. The highest BCUT2D eigenvalue weighted by Gasteiger charge is 2.40. The van der Waals surface area contributed by atoms with Crippen molar-refractivity contribution in [3.05, 3.63) is 83.9 Å². The van der Waals surface area contributed by atoms with E-state index in [2.05, 4.69) is 0 Å². The van der Waals surface area contributed by atoms with Crippen molar-refractivity contribution in [3.8, 4) is 11.3 Å². The van der Waals surface area contributed by atoms with Crippen molar-refractivity contribution in [3.63, 3.8) is 0 Å². The lowest BCUT2D eigenvalue weighted by Gasteiger charge is -2.42. The number of hydrogen-bond acceptors (Lipinski definition) is 4. The molecule has 0 aliphatic rings. The van der Waals surface area contributed by atoms with Crippen molar-refractivity contribution in [1.29, 1.82) is 0 Å². The Morgan fingerprint density at radius 1 is 1.06 bits per heavy atom. The van der Waals surface area contributed by atoms with Crippen LogP contribution in [0.25, 0.3) is 11.3 Å². The molecule has 0 spiro atoms. The number of carboxylic acid groups (broad SMARTS) is 1. The number of halogens is 1. The second-order valence-corrected chi connectivity index (χ2v) is 8.70. The number of primary amides is 1. The summed E-state index contributed by atoms with van der Waals surface area (Å²) in [5, 5.41) is 9.98. The van der Waals surface area contributed by atoms with Crippen LogP contribution in [0.15, 0.2) is 71.3 Å². The number of nitrogens with two attached hydrogens (primary N) is 1. The highest BCUT2D eigenvalue weighted by atomic mass is 19.1. The summed E-state index contributed by atoms with van der Waals surface area (Å²) in [6.07, 6.45) is 1.49. The Labute approximate surface area is 197 Å². The van der Waals surface area contributed by atoms with Gasteiger partial charge in [0.1, 0.15) is 17.6 Å². The molecule has 178 valence electrons. The summed E-state index contributed by atoms with van der Waals surface area (Å²) >= 11 is 0. The molecule has 0 fully saturated rings. The number of carboxylic acids is 1. The van der Waals surface area contributed by atoms with E-state index in [0.717, 1.165) is 11.1 Å².